The molecular weight excluding hydrogens is 292 g/mol. The first-order valence-electron chi connectivity index (χ1n) is 5.66. The first-order chi connectivity index (χ1) is 8.74. The SMILES string of the molecule is O=C1N[C@H](c2ccccc2)Nc2ccc(Br)cc21. The van der Waals surface area contributed by atoms with E-state index in [2.05, 4.69) is 26.6 Å². The minimum Gasteiger partial charge on any atom is -0.361 e. The van der Waals surface area contributed by atoms with Crippen LogP contribution in [0.5, 0.6) is 0 Å². The van der Waals surface area contributed by atoms with Crippen LogP contribution in [0.3, 0.4) is 0 Å². The summed E-state index contributed by atoms with van der Waals surface area (Å²) in [5.41, 5.74) is 2.56. The summed E-state index contributed by atoms with van der Waals surface area (Å²) in [5, 5.41) is 6.26. The first-order valence-corrected chi connectivity index (χ1v) is 6.45. The van der Waals surface area contributed by atoms with Gasteiger partial charge in [-0.05, 0) is 23.8 Å². The highest BCUT2D eigenvalue weighted by atomic mass is 79.9. The molecule has 0 saturated heterocycles. The number of halogens is 1. The van der Waals surface area contributed by atoms with Crippen molar-refractivity contribution >= 4 is 27.5 Å². The van der Waals surface area contributed by atoms with Gasteiger partial charge in [-0.1, -0.05) is 46.3 Å². The third-order valence-corrected chi connectivity index (χ3v) is 3.43. The Hall–Kier alpha value is -1.81. The summed E-state index contributed by atoms with van der Waals surface area (Å²) < 4.78 is 0.899. The van der Waals surface area contributed by atoms with Crippen LogP contribution in [0.2, 0.25) is 0 Å². The van der Waals surface area contributed by atoms with Crippen molar-refractivity contribution in [3.63, 3.8) is 0 Å². The number of anilines is 1. The number of hydrogen-bond donors (Lipinski definition) is 2. The molecule has 2 aromatic carbocycles. The predicted molar refractivity (Wildman–Crippen MR) is 74.4 cm³/mol. The topological polar surface area (TPSA) is 41.1 Å². The summed E-state index contributed by atoms with van der Waals surface area (Å²) in [4.78, 5) is 12.0. The molecular formula is C14H11BrN2O. The van der Waals surface area contributed by atoms with Crippen LogP contribution < -0.4 is 10.6 Å². The molecule has 2 aromatic rings. The Labute approximate surface area is 113 Å². The molecule has 2 N–H and O–H groups in total. The van der Waals surface area contributed by atoms with E-state index < -0.39 is 0 Å². The van der Waals surface area contributed by atoms with E-state index in [9.17, 15) is 4.79 Å². The molecule has 3 nitrogen and oxygen atoms in total. The molecule has 0 saturated carbocycles. The van der Waals surface area contributed by atoms with E-state index in [-0.39, 0.29) is 12.1 Å². The van der Waals surface area contributed by atoms with Gasteiger partial charge in [0.1, 0.15) is 6.17 Å². The molecule has 1 heterocycles. The molecule has 18 heavy (non-hydrogen) atoms. The number of rotatable bonds is 1. The van der Waals surface area contributed by atoms with E-state index in [1.165, 1.54) is 0 Å². The Morgan fingerprint density at radius 1 is 1.00 bits per heavy atom. The second-order valence-corrected chi connectivity index (χ2v) is 5.07. The number of amides is 1. The van der Waals surface area contributed by atoms with Gasteiger partial charge in [0.15, 0.2) is 0 Å². The zero-order valence-corrected chi connectivity index (χ0v) is 11.1. The van der Waals surface area contributed by atoms with Crippen molar-refractivity contribution in [1.29, 1.82) is 0 Å². The summed E-state index contributed by atoms with van der Waals surface area (Å²) >= 11 is 3.37. The van der Waals surface area contributed by atoms with Crippen molar-refractivity contribution < 1.29 is 4.79 Å². The maximum absolute atomic E-state index is 12.0. The quantitative estimate of drug-likeness (QED) is 0.848. The second-order valence-electron chi connectivity index (χ2n) is 4.15. The van der Waals surface area contributed by atoms with Crippen molar-refractivity contribution in [2.24, 2.45) is 0 Å². The van der Waals surface area contributed by atoms with Gasteiger partial charge in [-0.3, -0.25) is 4.79 Å². The van der Waals surface area contributed by atoms with E-state index in [0.29, 0.717) is 5.56 Å². The maximum Gasteiger partial charge on any atom is 0.255 e. The first kappa shape index (κ1) is 11.3. The van der Waals surface area contributed by atoms with Crippen LogP contribution >= 0.6 is 15.9 Å². The molecule has 1 amide bonds. The number of carbonyl (C=O) groups excluding carboxylic acids is 1. The fourth-order valence-electron chi connectivity index (χ4n) is 2.04. The predicted octanol–water partition coefficient (Wildman–Crippen LogP) is 3.30. The highest BCUT2D eigenvalue weighted by Gasteiger charge is 2.24. The monoisotopic (exact) mass is 302 g/mol. The highest BCUT2D eigenvalue weighted by Crippen LogP contribution is 2.28. The van der Waals surface area contributed by atoms with Crippen LogP contribution in [0.25, 0.3) is 0 Å². The summed E-state index contributed by atoms with van der Waals surface area (Å²) in [5.74, 6) is -0.0566. The standard InChI is InChI=1S/C14H11BrN2O/c15-10-6-7-12-11(8-10)14(18)17-13(16-12)9-4-2-1-3-5-9/h1-8,13,16H,(H,17,18)/t13-/m1/s1. The summed E-state index contributed by atoms with van der Waals surface area (Å²) in [6.07, 6.45) is -0.174. The van der Waals surface area contributed by atoms with E-state index in [4.69, 9.17) is 0 Å². The molecule has 4 heteroatoms. The van der Waals surface area contributed by atoms with Gasteiger partial charge in [-0.15, -0.1) is 0 Å². The van der Waals surface area contributed by atoms with Crippen LogP contribution in [0.1, 0.15) is 22.1 Å². The van der Waals surface area contributed by atoms with Crippen LogP contribution in [0, 0.1) is 0 Å². The van der Waals surface area contributed by atoms with Crippen LogP contribution in [0.15, 0.2) is 53.0 Å². The third kappa shape index (κ3) is 1.99. The molecule has 0 bridgehead atoms. The Morgan fingerprint density at radius 3 is 2.56 bits per heavy atom. The van der Waals surface area contributed by atoms with Gasteiger partial charge < -0.3 is 10.6 Å². The van der Waals surface area contributed by atoms with Crippen molar-refractivity contribution in [1.82, 2.24) is 5.32 Å². The Morgan fingerprint density at radius 2 is 1.78 bits per heavy atom. The molecule has 1 atom stereocenters. The number of hydrogen-bond acceptors (Lipinski definition) is 2. The molecule has 0 aromatic heterocycles. The lowest BCUT2D eigenvalue weighted by Crippen LogP contribution is -2.38. The number of fused-ring (bicyclic) bond motifs is 1. The molecule has 1 aliphatic heterocycles. The fraction of sp³-hybridized carbons (Fsp3) is 0.0714. The number of carbonyl (C=O) groups is 1. The molecule has 0 spiro atoms. The van der Waals surface area contributed by atoms with Crippen molar-refractivity contribution in [2.45, 2.75) is 6.17 Å². The summed E-state index contributed by atoms with van der Waals surface area (Å²) in [7, 11) is 0. The van der Waals surface area contributed by atoms with Gasteiger partial charge in [0.05, 0.1) is 5.56 Å². The smallest absolute Gasteiger partial charge is 0.255 e. The molecule has 90 valence electrons. The normalized spacial score (nSPS) is 17.6. The van der Waals surface area contributed by atoms with Crippen molar-refractivity contribution in [2.75, 3.05) is 5.32 Å². The lowest BCUT2D eigenvalue weighted by Gasteiger charge is -2.28. The average Bonchev–Trinajstić information content (AvgIpc) is 2.40. The van der Waals surface area contributed by atoms with E-state index in [0.717, 1.165) is 15.7 Å². The Bertz CT molecular complexity index is 598. The molecule has 3 rings (SSSR count). The molecule has 0 radical (unpaired) electrons. The van der Waals surface area contributed by atoms with Gasteiger partial charge in [0.2, 0.25) is 0 Å². The minimum atomic E-state index is -0.174. The van der Waals surface area contributed by atoms with Crippen molar-refractivity contribution in [3.8, 4) is 0 Å². The van der Waals surface area contributed by atoms with Gasteiger partial charge in [0.25, 0.3) is 5.91 Å². The van der Waals surface area contributed by atoms with Crippen LogP contribution in [-0.2, 0) is 0 Å². The van der Waals surface area contributed by atoms with Crippen LogP contribution in [0.4, 0.5) is 5.69 Å². The zero-order valence-electron chi connectivity index (χ0n) is 9.48. The highest BCUT2D eigenvalue weighted by molar-refractivity contribution is 9.10. The summed E-state index contributed by atoms with van der Waals surface area (Å²) in [6.45, 7) is 0. The second kappa shape index (κ2) is 4.46. The average molecular weight is 303 g/mol. The van der Waals surface area contributed by atoms with Crippen LogP contribution in [-0.4, -0.2) is 5.91 Å². The van der Waals surface area contributed by atoms with Gasteiger partial charge in [0, 0.05) is 10.2 Å². The largest absolute Gasteiger partial charge is 0.361 e. The molecule has 0 aliphatic carbocycles. The van der Waals surface area contributed by atoms with Crippen molar-refractivity contribution in [3.05, 3.63) is 64.1 Å². The van der Waals surface area contributed by atoms with Gasteiger partial charge in [-0.2, -0.15) is 0 Å². The molecule has 1 aliphatic rings. The maximum atomic E-state index is 12.0. The lowest BCUT2D eigenvalue weighted by atomic mass is 10.1. The van der Waals surface area contributed by atoms with E-state index >= 15 is 0 Å². The molecule has 0 fully saturated rings. The van der Waals surface area contributed by atoms with E-state index in [1.807, 2.05) is 48.5 Å². The van der Waals surface area contributed by atoms with Gasteiger partial charge >= 0.3 is 0 Å². The molecule has 0 unspecified atom stereocenters. The minimum absolute atomic E-state index is 0.0566. The third-order valence-electron chi connectivity index (χ3n) is 2.93. The zero-order chi connectivity index (χ0) is 12.5. The lowest BCUT2D eigenvalue weighted by molar-refractivity contribution is 0.0935. The summed E-state index contributed by atoms with van der Waals surface area (Å²) in [6, 6.07) is 15.5. The fourth-order valence-corrected chi connectivity index (χ4v) is 2.40. The number of benzene rings is 2. The van der Waals surface area contributed by atoms with Gasteiger partial charge in [-0.25, -0.2) is 0 Å². The number of nitrogens with one attached hydrogen (secondary N) is 2. The Balaban J connectivity index is 1.97. The Kier molecular flexibility index (Phi) is 2.80. The van der Waals surface area contributed by atoms with E-state index in [1.54, 1.807) is 0 Å².